The van der Waals surface area contributed by atoms with E-state index in [0.29, 0.717) is 0 Å². The van der Waals surface area contributed by atoms with Crippen LogP contribution in [0.25, 0.3) is 0 Å². The number of thiophene rings is 1. The number of carbonyl (C=O) groups is 1. The molecule has 0 radical (unpaired) electrons. The zero-order valence-electron chi connectivity index (χ0n) is 11.4. The van der Waals surface area contributed by atoms with Crippen molar-refractivity contribution in [1.82, 2.24) is 5.32 Å². The lowest BCUT2D eigenvalue weighted by Crippen LogP contribution is -2.43. The van der Waals surface area contributed by atoms with Crippen LogP contribution >= 0.6 is 11.3 Å². The number of carbonyl (C=O) groups excluding carboxylic acids is 1. The smallest absolute Gasteiger partial charge is 0.243 e. The summed E-state index contributed by atoms with van der Waals surface area (Å²) in [6.45, 7) is 2.06. The number of rotatable bonds is 4. The molecule has 2 N–H and O–H groups in total. The molecular formula is C16H18N2OS. The van der Waals surface area contributed by atoms with E-state index in [1.54, 1.807) is 11.3 Å². The number of hydrogen-bond acceptors (Lipinski definition) is 3. The molecule has 0 spiro atoms. The minimum atomic E-state index is -0.141. The number of hydrogen-bond donors (Lipinski definition) is 2. The summed E-state index contributed by atoms with van der Waals surface area (Å²) in [6, 6.07) is 12.3. The molecule has 2 atom stereocenters. The van der Waals surface area contributed by atoms with Crippen molar-refractivity contribution in [2.75, 3.05) is 5.32 Å². The van der Waals surface area contributed by atoms with Crippen LogP contribution in [0.5, 0.6) is 0 Å². The summed E-state index contributed by atoms with van der Waals surface area (Å²) in [5.74, 6) is 0.0882. The van der Waals surface area contributed by atoms with Gasteiger partial charge in [-0.3, -0.25) is 4.79 Å². The fourth-order valence-corrected chi connectivity index (χ4v) is 3.42. The van der Waals surface area contributed by atoms with Crippen LogP contribution < -0.4 is 10.6 Å². The second-order valence-corrected chi connectivity index (χ2v) is 6.28. The van der Waals surface area contributed by atoms with Crippen LogP contribution in [0.1, 0.15) is 17.4 Å². The van der Waals surface area contributed by atoms with Crippen molar-refractivity contribution in [3.63, 3.8) is 0 Å². The zero-order chi connectivity index (χ0) is 13.9. The predicted molar refractivity (Wildman–Crippen MR) is 83.2 cm³/mol. The van der Waals surface area contributed by atoms with E-state index in [-0.39, 0.29) is 18.0 Å². The van der Waals surface area contributed by atoms with Gasteiger partial charge in [0, 0.05) is 29.4 Å². The van der Waals surface area contributed by atoms with Crippen molar-refractivity contribution in [3.8, 4) is 0 Å². The van der Waals surface area contributed by atoms with E-state index in [0.717, 1.165) is 18.5 Å². The molecule has 1 amide bonds. The molecule has 0 saturated carbocycles. The van der Waals surface area contributed by atoms with Gasteiger partial charge < -0.3 is 10.6 Å². The summed E-state index contributed by atoms with van der Waals surface area (Å²) in [5.41, 5.74) is 2.30. The molecule has 104 valence electrons. The van der Waals surface area contributed by atoms with Gasteiger partial charge in [0.15, 0.2) is 0 Å². The van der Waals surface area contributed by atoms with Gasteiger partial charge in [-0.05, 0) is 30.0 Å². The Morgan fingerprint density at radius 1 is 1.40 bits per heavy atom. The van der Waals surface area contributed by atoms with Crippen molar-refractivity contribution in [2.24, 2.45) is 0 Å². The topological polar surface area (TPSA) is 41.1 Å². The van der Waals surface area contributed by atoms with Crippen LogP contribution in [0.15, 0.2) is 41.8 Å². The molecule has 3 rings (SSSR count). The van der Waals surface area contributed by atoms with E-state index in [9.17, 15) is 4.79 Å². The van der Waals surface area contributed by atoms with Gasteiger partial charge in [-0.15, -0.1) is 11.3 Å². The number of fused-ring (bicyclic) bond motifs is 1. The zero-order valence-corrected chi connectivity index (χ0v) is 12.2. The number of anilines is 1. The van der Waals surface area contributed by atoms with Gasteiger partial charge >= 0.3 is 0 Å². The van der Waals surface area contributed by atoms with Crippen molar-refractivity contribution < 1.29 is 4.79 Å². The van der Waals surface area contributed by atoms with Crippen LogP contribution in [0.3, 0.4) is 0 Å². The highest BCUT2D eigenvalue weighted by atomic mass is 32.1. The number of benzene rings is 1. The quantitative estimate of drug-likeness (QED) is 0.907. The fourth-order valence-electron chi connectivity index (χ4n) is 2.58. The molecule has 4 heteroatoms. The average Bonchev–Trinajstić information content (AvgIpc) is 3.06. The standard InChI is InChI=1S/C16H18N2OS/c1-11(9-13-6-4-8-20-13)17-16(19)15-10-12-5-2-3-7-14(12)18-15/h2-8,11,15,18H,9-10H2,1H3,(H,17,19). The molecule has 0 aliphatic carbocycles. The van der Waals surface area contributed by atoms with Gasteiger partial charge in [0.05, 0.1) is 0 Å². The summed E-state index contributed by atoms with van der Waals surface area (Å²) in [5, 5.41) is 8.46. The Kier molecular flexibility index (Phi) is 3.74. The largest absolute Gasteiger partial charge is 0.373 e. The molecule has 2 heterocycles. The lowest BCUT2D eigenvalue weighted by Gasteiger charge is -2.17. The Balaban J connectivity index is 1.56. The van der Waals surface area contributed by atoms with Crippen LogP contribution in [-0.4, -0.2) is 18.0 Å². The van der Waals surface area contributed by atoms with E-state index in [1.165, 1.54) is 10.4 Å². The van der Waals surface area contributed by atoms with Crippen LogP contribution in [0.4, 0.5) is 5.69 Å². The van der Waals surface area contributed by atoms with E-state index < -0.39 is 0 Å². The van der Waals surface area contributed by atoms with Gasteiger partial charge in [-0.25, -0.2) is 0 Å². The lowest BCUT2D eigenvalue weighted by molar-refractivity contribution is -0.122. The Labute approximate surface area is 123 Å². The second kappa shape index (κ2) is 5.67. The number of nitrogens with one attached hydrogen (secondary N) is 2. The SMILES string of the molecule is CC(Cc1cccs1)NC(=O)C1Cc2ccccc2N1. The molecule has 1 aliphatic heterocycles. The number of amides is 1. The van der Waals surface area contributed by atoms with Crippen LogP contribution in [-0.2, 0) is 17.6 Å². The first-order valence-electron chi connectivity index (χ1n) is 6.89. The van der Waals surface area contributed by atoms with Gasteiger partial charge in [0.1, 0.15) is 6.04 Å². The predicted octanol–water partition coefficient (Wildman–Crippen LogP) is 2.83. The van der Waals surface area contributed by atoms with E-state index in [4.69, 9.17) is 0 Å². The summed E-state index contributed by atoms with van der Waals surface area (Å²) in [7, 11) is 0. The van der Waals surface area contributed by atoms with E-state index in [1.807, 2.05) is 24.3 Å². The minimum Gasteiger partial charge on any atom is -0.373 e. The number of para-hydroxylation sites is 1. The highest BCUT2D eigenvalue weighted by Gasteiger charge is 2.26. The normalized spacial score (nSPS) is 18.1. The fraction of sp³-hybridized carbons (Fsp3) is 0.312. The molecule has 1 aliphatic rings. The maximum absolute atomic E-state index is 12.3. The third-order valence-electron chi connectivity index (χ3n) is 3.56. The summed E-state index contributed by atoms with van der Waals surface area (Å²) in [6.07, 6.45) is 1.66. The summed E-state index contributed by atoms with van der Waals surface area (Å²) in [4.78, 5) is 13.6. The first-order chi connectivity index (χ1) is 9.72. The van der Waals surface area contributed by atoms with Gasteiger partial charge in [0.2, 0.25) is 5.91 Å². The van der Waals surface area contributed by atoms with Crippen molar-refractivity contribution in [2.45, 2.75) is 31.8 Å². The lowest BCUT2D eigenvalue weighted by atomic mass is 10.1. The second-order valence-electron chi connectivity index (χ2n) is 5.25. The molecule has 0 saturated heterocycles. The Morgan fingerprint density at radius 3 is 3.00 bits per heavy atom. The Hall–Kier alpha value is -1.81. The van der Waals surface area contributed by atoms with Crippen LogP contribution in [0.2, 0.25) is 0 Å². The Bertz CT molecular complexity index is 569. The van der Waals surface area contributed by atoms with Gasteiger partial charge in [-0.1, -0.05) is 24.3 Å². The molecule has 3 nitrogen and oxygen atoms in total. The molecule has 1 aromatic heterocycles. The third kappa shape index (κ3) is 2.85. The summed E-state index contributed by atoms with van der Waals surface area (Å²) >= 11 is 1.73. The minimum absolute atomic E-state index is 0.0882. The molecule has 2 unspecified atom stereocenters. The maximum atomic E-state index is 12.3. The first kappa shape index (κ1) is 13.2. The average molecular weight is 286 g/mol. The molecule has 0 bridgehead atoms. The Morgan fingerprint density at radius 2 is 2.25 bits per heavy atom. The van der Waals surface area contributed by atoms with Gasteiger partial charge in [0.25, 0.3) is 0 Å². The summed E-state index contributed by atoms with van der Waals surface area (Å²) < 4.78 is 0. The van der Waals surface area contributed by atoms with Crippen molar-refractivity contribution in [3.05, 3.63) is 52.2 Å². The van der Waals surface area contributed by atoms with Gasteiger partial charge in [-0.2, -0.15) is 0 Å². The van der Waals surface area contributed by atoms with Crippen molar-refractivity contribution in [1.29, 1.82) is 0 Å². The highest BCUT2D eigenvalue weighted by Crippen LogP contribution is 2.25. The molecule has 20 heavy (non-hydrogen) atoms. The molecular weight excluding hydrogens is 268 g/mol. The van der Waals surface area contributed by atoms with Crippen LogP contribution in [0, 0.1) is 0 Å². The third-order valence-corrected chi connectivity index (χ3v) is 4.46. The maximum Gasteiger partial charge on any atom is 0.243 e. The van der Waals surface area contributed by atoms with Crippen molar-refractivity contribution >= 4 is 22.9 Å². The van der Waals surface area contributed by atoms with E-state index >= 15 is 0 Å². The molecule has 1 aromatic carbocycles. The highest BCUT2D eigenvalue weighted by molar-refractivity contribution is 7.09. The molecule has 2 aromatic rings. The first-order valence-corrected chi connectivity index (χ1v) is 7.77. The molecule has 0 fully saturated rings. The van der Waals surface area contributed by atoms with E-state index in [2.05, 4.69) is 35.1 Å². The monoisotopic (exact) mass is 286 g/mol.